The van der Waals surface area contributed by atoms with Crippen LogP contribution in [0.4, 0.5) is 13.2 Å². The Labute approximate surface area is 247 Å². The van der Waals surface area contributed by atoms with Crippen LogP contribution in [-0.2, 0) is 14.4 Å². The second-order valence-electron chi connectivity index (χ2n) is 15.7. The van der Waals surface area contributed by atoms with Crippen LogP contribution >= 0.6 is 0 Å². The highest BCUT2D eigenvalue weighted by atomic mass is 19.4. The molecule has 8 heteroatoms. The molecule has 42 heavy (non-hydrogen) atoms. The van der Waals surface area contributed by atoms with Crippen LogP contribution in [0.25, 0.3) is 0 Å². The normalized spacial score (nSPS) is 42.6. The number of alkyl halides is 3. The van der Waals surface area contributed by atoms with Gasteiger partial charge in [-0.15, -0.1) is 0 Å². The summed E-state index contributed by atoms with van der Waals surface area (Å²) in [5.41, 5.74) is -0.245. The molecule has 1 amide bonds. The minimum Gasteiger partial charge on any atom is -0.347 e. The summed E-state index contributed by atoms with van der Waals surface area (Å²) in [5.74, 6) is -1.09. The molecule has 5 rings (SSSR count). The van der Waals surface area contributed by atoms with E-state index in [9.17, 15) is 32.8 Å². The molecular formula is C34H45F3N2O3. The van der Waals surface area contributed by atoms with Crippen molar-refractivity contribution in [3.05, 3.63) is 23.3 Å². The van der Waals surface area contributed by atoms with Gasteiger partial charge >= 0.3 is 6.18 Å². The fourth-order valence-corrected chi connectivity index (χ4v) is 10.4. The molecule has 0 aromatic rings. The molecule has 0 saturated heterocycles. The number of carbonyl (C=O) groups excluding carboxylic acids is 3. The van der Waals surface area contributed by atoms with E-state index in [0.29, 0.717) is 6.42 Å². The number of amides is 1. The molecule has 5 aliphatic rings. The number of fused-ring (bicyclic) bond motifs is 7. The van der Waals surface area contributed by atoms with E-state index in [1.807, 2.05) is 24.4 Å². The molecule has 0 aromatic heterocycles. The Hall–Kier alpha value is -2.43. The third kappa shape index (κ3) is 4.59. The number of hydrogen-bond acceptors (Lipinski definition) is 4. The number of carbonyl (C=O) groups is 3. The molecule has 0 bridgehead atoms. The van der Waals surface area contributed by atoms with Crippen molar-refractivity contribution in [2.45, 2.75) is 106 Å². The third-order valence-electron chi connectivity index (χ3n) is 13.0. The van der Waals surface area contributed by atoms with Crippen LogP contribution in [0.15, 0.2) is 23.3 Å². The summed E-state index contributed by atoms with van der Waals surface area (Å²) in [7, 11) is 0. The Morgan fingerprint density at radius 2 is 1.71 bits per heavy atom. The first-order valence-electron chi connectivity index (χ1n) is 15.6. The Balaban J connectivity index is 1.54. The standard InChI is InChI=1S/C34H45F3N2O3/c1-20-22-7-9-31(5)25(30(22,4)16-21(18-38)28(20)42)15-24(40)27-23-17-29(2,3)11-13-33(23,14-12-32(27,31)6)10-8-26(41)39-19-34(35,36)37/h15-16,20,22-23,27H,7-14,17,19H2,1-6H3,(H,39,41). The average molecular weight is 587 g/mol. The summed E-state index contributed by atoms with van der Waals surface area (Å²) in [6, 6.07) is 2.12. The van der Waals surface area contributed by atoms with Crippen LogP contribution in [0, 0.1) is 62.1 Å². The zero-order valence-electron chi connectivity index (χ0n) is 25.8. The lowest BCUT2D eigenvalue weighted by molar-refractivity contribution is -0.171. The first-order valence-corrected chi connectivity index (χ1v) is 15.6. The van der Waals surface area contributed by atoms with Crippen LogP contribution in [0.3, 0.4) is 0 Å². The third-order valence-corrected chi connectivity index (χ3v) is 13.0. The molecule has 8 atom stereocenters. The first kappa shape index (κ1) is 31.0. The number of Topliss-reactive ketones (excluding diaryl/α,β-unsaturated/α-hetero) is 1. The van der Waals surface area contributed by atoms with Crippen LogP contribution in [0.1, 0.15) is 99.3 Å². The topological polar surface area (TPSA) is 87.0 Å². The number of rotatable bonds is 4. The molecule has 3 saturated carbocycles. The highest BCUT2D eigenvalue weighted by Gasteiger charge is 2.68. The Morgan fingerprint density at radius 1 is 1.05 bits per heavy atom. The largest absolute Gasteiger partial charge is 0.405 e. The zero-order valence-corrected chi connectivity index (χ0v) is 25.8. The van der Waals surface area contributed by atoms with Gasteiger partial charge in [-0.25, -0.2) is 0 Å². The number of halogens is 3. The van der Waals surface area contributed by atoms with Crippen molar-refractivity contribution in [2.24, 2.45) is 50.7 Å². The molecule has 5 aliphatic carbocycles. The van der Waals surface area contributed by atoms with Crippen LogP contribution < -0.4 is 5.32 Å². The SMILES string of the molecule is CC1C(=O)C(C#N)=CC2(C)C3=CC(=O)C4C5CC(C)(C)CCC5(CCC(=O)NCC(F)(F)F)CCC4(C)C3(C)CCC12. The quantitative estimate of drug-likeness (QED) is 0.375. The van der Waals surface area contributed by atoms with Crippen molar-refractivity contribution in [3.63, 3.8) is 0 Å². The van der Waals surface area contributed by atoms with Gasteiger partial charge in [0.05, 0.1) is 5.57 Å². The van der Waals surface area contributed by atoms with Crippen molar-refractivity contribution in [2.75, 3.05) is 6.54 Å². The number of ketones is 2. The van der Waals surface area contributed by atoms with E-state index < -0.39 is 24.0 Å². The fourth-order valence-electron chi connectivity index (χ4n) is 10.4. The number of nitrogens with zero attached hydrogens (tertiary/aromatic N) is 1. The van der Waals surface area contributed by atoms with Gasteiger partial charge in [-0.1, -0.05) is 53.2 Å². The van der Waals surface area contributed by atoms with Gasteiger partial charge in [0.25, 0.3) is 0 Å². The van der Waals surface area contributed by atoms with Gasteiger partial charge < -0.3 is 5.32 Å². The Bertz CT molecular complexity index is 1310. The number of allylic oxidation sites excluding steroid dienone is 4. The first-order chi connectivity index (χ1) is 19.3. The van der Waals surface area contributed by atoms with Crippen molar-refractivity contribution >= 4 is 17.5 Å². The lowest BCUT2D eigenvalue weighted by Crippen LogP contribution is -2.64. The molecule has 1 N–H and O–H groups in total. The maximum atomic E-state index is 14.5. The summed E-state index contributed by atoms with van der Waals surface area (Å²) in [5, 5.41) is 11.8. The van der Waals surface area contributed by atoms with Gasteiger partial charge in [0.2, 0.25) is 5.91 Å². The monoisotopic (exact) mass is 586 g/mol. The molecule has 8 unspecified atom stereocenters. The molecule has 0 spiro atoms. The molecule has 0 aliphatic heterocycles. The van der Waals surface area contributed by atoms with Gasteiger partial charge in [-0.2, -0.15) is 18.4 Å². The van der Waals surface area contributed by atoms with E-state index in [0.717, 1.165) is 50.5 Å². The zero-order chi connectivity index (χ0) is 31.1. The van der Waals surface area contributed by atoms with Crippen molar-refractivity contribution in [3.8, 4) is 6.07 Å². The van der Waals surface area contributed by atoms with E-state index in [-0.39, 0.29) is 68.9 Å². The summed E-state index contributed by atoms with van der Waals surface area (Å²) < 4.78 is 38.2. The minimum absolute atomic E-state index is 0.0172. The second kappa shape index (κ2) is 9.79. The van der Waals surface area contributed by atoms with E-state index >= 15 is 0 Å². The van der Waals surface area contributed by atoms with Gasteiger partial charge in [0.1, 0.15) is 12.6 Å². The van der Waals surface area contributed by atoms with E-state index in [1.165, 1.54) is 0 Å². The maximum absolute atomic E-state index is 14.5. The molecule has 0 radical (unpaired) electrons. The highest BCUT2D eigenvalue weighted by molar-refractivity contribution is 6.02. The summed E-state index contributed by atoms with van der Waals surface area (Å²) in [6.45, 7) is 11.7. The Kier molecular flexibility index (Phi) is 7.23. The van der Waals surface area contributed by atoms with Gasteiger partial charge in [0.15, 0.2) is 11.6 Å². The molecule has 230 valence electrons. The van der Waals surface area contributed by atoms with Crippen LogP contribution in [0.2, 0.25) is 0 Å². The highest BCUT2D eigenvalue weighted by Crippen LogP contribution is 2.74. The summed E-state index contributed by atoms with van der Waals surface area (Å²) >= 11 is 0. The van der Waals surface area contributed by atoms with Crippen molar-refractivity contribution in [1.82, 2.24) is 5.32 Å². The molecule has 0 heterocycles. The van der Waals surface area contributed by atoms with Gasteiger partial charge in [0, 0.05) is 23.7 Å². The fraction of sp³-hybridized carbons (Fsp3) is 0.765. The van der Waals surface area contributed by atoms with Gasteiger partial charge in [-0.05, 0) is 90.9 Å². The number of nitriles is 1. The molecular weight excluding hydrogens is 541 g/mol. The maximum Gasteiger partial charge on any atom is 0.405 e. The summed E-state index contributed by atoms with van der Waals surface area (Å²) in [6.07, 6.45) is 5.74. The number of nitrogens with one attached hydrogen (secondary N) is 1. The average Bonchev–Trinajstić information content (AvgIpc) is 2.89. The van der Waals surface area contributed by atoms with E-state index in [4.69, 9.17) is 0 Å². The smallest absolute Gasteiger partial charge is 0.347 e. The molecule has 5 nitrogen and oxygen atoms in total. The lowest BCUT2D eigenvalue weighted by Gasteiger charge is -2.69. The Morgan fingerprint density at radius 3 is 2.36 bits per heavy atom. The summed E-state index contributed by atoms with van der Waals surface area (Å²) in [4.78, 5) is 39.9. The van der Waals surface area contributed by atoms with Crippen molar-refractivity contribution in [1.29, 1.82) is 5.26 Å². The predicted octanol–water partition coefficient (Wildman–Crippen LogP) is 7.27. The van der Waals surface area contributed by atoms with Crippen molar-refractivity contribution < 1.29 is 27.6 Å². The molecule has 0 aromatic carbocycles. The number of hydrogen-bond donors (Lipinski definition) is 1. The van der Waals surface area contributed by atoms with E-state index in [2.05, 4.69) is 40.7 Å². The van der Waals surface area contributed by atoms with Crippen LogP contribution in [0.5, 0.6) is 0 Å². The minimum atomic E-state index is -4.45. The van der Waals surface area contributed by atoms with E-state index in [1.54, 1.807) is 0 Å². The molecule has 3 fully saturated rings. The van der Waals surface area contributed by atoms with Crippen LogP contribution in [-0.4, -0.2) is 30.2 Å². The van der Waals surface area contributed by atoms with Gasteiger partial charge in [-0.3, -0.25) is 14.4 Å². The second-order valence-corrected chi connectivity index (χ2v) is 15.7. The lowest BCUT2D eigenvalue weighted by atomic mass is 9.34. The predicted molar refractivity (Wildman–Crippen MR) is 153 cm³/mol.